The quantitative estimate of drug-likeness (QED) is 0.809. The van der Waals surface area contributed by atoms with Crippen molar-refractivity contribution < 1.29 is 9.47 Å². The van der Waals surface area contributed by atoms with Crippen molar-refractivity contribution in [3.63, 3.8) is 0 Å². The number of methoxy groups -OCH3 is 2. The molecule has 0 spiro atoms. The van der Waals surface area contributed by atoms with Crippen LogP contribution in [0.4, 0.5) is 0 Å². The van der Waals surface area contributed by atoms with Gasteiger partial charge in [-0.3, -0.25) is 14.5 Å². The molecule has 1 saturated heterocycles. The molecule has 1 aromatic heterocycles. The monoisotopic (exact) mass is 370 g/mol. The maximum Gasteiger partial charge on any atom is 0.161 e. The number of rotatable bonds is 5. The first-order chi connectivity index (χ1) is 13.2. The highest BCUT2D eigenvalue weighted by Crippen LogP contribution is 2.34. The Labute approximate surface area is 161 Å². The summed E-state index contributed by atoms with van der Waals surface area (Å²) in [6.45, 7) is 5.44. The van der Waals surface area contributed by atoms with Gasteiger partial charge in [-0.2, -0.15) is 5.10 Å². The fraction of sp³-hybridized carbons (Fsp3) is 0.571. The van der Waals surface area contributed by atoms with Crippen LogP contribution in [-0.2, 0) is 26.6 Å². The molecule has 6 nitrogen and oxygen atoms in total. The molecule has 0 saturated carbocycles. The van der Waals surface area contributed by atoms with Crippen LogP contribution in [-0.4, -0.2) is 59.5 Å². The van der Waals surface area contributed by atoms with Gasteiger partial charge >= 0.3 is 0 Å². The molecule has 1 atom stereocenters. The van der Waals surface area contributed by atoms with Crippen LogP contribution < -0.4 is 9.47 Å². The number of aromatic nitrogens is 2. The number of ether oxygens (including phenoxy) is 2. The number of nitrogens with zero attached hydrogens (tertiary/aromatic N) is 4. The van der Waals surface area contributed by atoms with Gasteiger partial charge in [0.2, 0.25) is 0 Å². The van der Waals surface area contributed by atoms with Gasteiger partial charge in [0.1, 0.15) is 0 Å². The fourth-order valence-electron chi connectivity index (χ4n) is 4.50. The molecule has 146 valence electrons. The summed E-state index contributed by atoms with van der Waals surface area (Å²) in [7, 11) is 5.40. The number of hydrogen-bond acceptors (Lipinski definition) is 5. The van der Waals surface area contributed by atoms with Crippen LogP contribution in [0.3, 0.4) is 0 Å². The third-order valence-electron chi connectivity index (χ3n) is 5.91. The SMILES string of the molecule is COc1cc2c(cc1OC)CN(C1CCCN(Cc3cnn(C)c3)C1)CC2. The predicted molar refractivity (Wildman–Crippen MR) is 105 cm³/mol. The highest BCUT2D eigenvalue weighted by atomic mass is 16.5. The third-order valence-corrected chi connectivity index (χ3v) is 5.91. The van der Waals surface area contributed by atoms with Crippen LogP contribution in [0, 0.1) is 0 Å². The van der Waals surface area contributed by atoms with Crippen molar-refractivity contribution in [3.8, 4) is 11.5 Å². The highest BCUT2D eigenvalue weighted by Gasteiger charge is 2.28. The Morgan fingerprint density at radius 1 is 1.11 bits per heavy atom. The highest BCUT2D eigenvalue weighted by molar-refractivity contribution is 5.48. The Hall–Kier alpha value is -2.05. The van der Waals surface area contributed by atoms with E-state index in [1.165, 1.54) is 36.1 Å². The molecule has 0 N–H and O–H groups in total. The number of aryl methyl sites for hydroxylation is 1. The molecular formula is C21H30N4O2. The zero-order chi connectivity index (χ0) is 18.8. The second-order valence-electron chi connectivity index (χ2n) is 7.75. The second-order valence-corrected chi connectivity index (χ2v) is 7.75. The second kappa shape index (κ2) is 7.90. The van der Waals surface area contributed by atoms with Crippen LogP contribution in [0.5, 0.6) is 11.5 Å². The average Bonchev–Trinajstić information content (AvgIpc) is 3.11. The molecule has 2 aliphatic heterocycles. The first-order valence-corrected chi connectivity index (χ1v) is 9.84. The zero-order valence-corrected chi connectivity index (χ0v) is 16.6. The molecule has 1 fully saturated rings. The van der Waals surface area contributed by atoms with Gasteiger partial charge in [-0.1, -0.05) is 0 Å². The molecule has 6 heteroatoms. The van der Waals surface area contributed by atoms with Crippen LogP contribution in [0.1, 0.15) is 29.5 Å². The van der Waals surface area contributed by atoms with E-state index in [1.54, 1.807) is 14.2 Å². The van der Waals surface area contributed by atoms with Crippen molar-refractivity contribution in [2.24, 2.45) is 7.05 Å². The molecule has 27 heavy (non-hydrogen) atoms. The van der Waals surface area contributed by atoms with E-state index in [1.807, 2.05) is 17.9 Å². The van der Waals surface area contributed by atoms with E-state index in [2.05, 4.69) is 33.2 Å². The van der Waals surface area contributed by atoms with E-state index in [0.717, 1.165) is 44.1 Å². The van der Waals surface area contributed by atoms with Crippen LogP contribution in [0.2, 0.25) is 0 Å². The van der Waals surface area contributed by atoms with E-state index in [-0.39, 0.29) is 0 Å². The smallest absolute Gasteiger partial charge is 0.161 e. The van der Waals surface area contributed by atoms with E-state index >= 15 is 0 Å². The van der Waals surface area contributed by atoms with Gasteiger partial charge in [0.05, 0.1) is 20.4 Å². The molecule has 1 aromatic carbocycles. The van der Waals surface area contributed by atoms with E-state index in [0.29, 0.717) is 6.04 Å². The lowest BCUT2D eigenvalue weighted by molar-refractivity contribution is 0.0837. The average molecular weight is 370 g/mol. The third kappa shape index (κ3) is 3.96. The Balaban J connectivity index is 1.43. The van der Waals surface area contributed by atoms with Crippen molar-refractivity contribution in [1.29, 1.82) is 0 Å². The summed E-state index contributed by atoms with van der Waals surface area (Å²) < 4.78 is 12.9. The van der Waals surface area contributed by atoms with Crippen molar-refractivity contribution in [2.75, 3.05) is 33.9 Å². The summed E-state index contributed by atoms with van der Waals surface area (Å²) in [6, 6.07) is 4.94. The van der Waals surface area contributed by atoms with Crippen molar-refractivity contribution in [3.05, 3.63) is 41.2 Å². The molecule has 0 bridgehead atoms. The van der Waals surface area contributed by atoms with Gasteiger partial charge in [0.25, 0.3) is 0 Å². The lowest BCUT2D eigenvalue weighted by Crippen LogP contribution is -2.49. The maximum atomic E-state index is 5.51. The molecule has 0 radical (unpaired) electrons. The molecule has 0 amide bonds. The maximum absolute atomic E-state index is 5.51. The number of benzene rings is 1. The summed E-state index contributed by atoms with van der Waals surface area (Å²) in [5.41, 5.74) is 4.08. The molecule has 2 aliphatic rings. The molecule has 1 unspecified atom stereocenters. The van der Waals surface area contributed by atoms with Crippen LogP contribution in [0.25, 0.3) is 0 Å². The predicted octanol–water partition coefficient (Wildman–Crippen LogP) is 2.46. The van der Waals surface area contributed by atoms with Crippen LogP contribution >= 0.6 is 0 Å². The van der Waals surface area contributed by atoms with E-state index in [9.17, 15) is 0 Å². The molecule has 0 aliphatic carbocycles. The summed E-state index contributed by atoms with van der Waals surface area (Å²) in [4.78, 5) is 5.24. The molecular weight excluding hydrogens is 340 g/mol. The van der Waals surface area contributed by atoms with Crippen molar-refractivity contribution in [2.45, 2.75) is 38.4 Å². The standard InChI is InChI=1S/C21H30N4O2/c1-23-12-16(11-22-23)13-24-7-4-5-19(15-24)25-8-6-17-9-20(26-2)21(27-3)10-18(17)14-25/h9-12,19H,4-8,13-15H2,1-3H3. The van der Waals surface area contributed by atoms with Crippen molar-refractivity contribution in [1.82, 2.24) is 19.6 Å². The minimum atomic E-state index is 0.622. The Kier molecular flexibility index (Phi) is 5.36. The van der Waals surface area contributed by atoms with E-state index in [4.69, 9.17) is 9.47 Å². The van der Waals surface area contributed by atoms with Gasteiger partial charge in [-0.15, -0.1) is 0 Å². The van der Waals surface area contributed by atoms with Gasteiger partial charge in [-0.05, 0) is 49.1 Å². The lowest BCUT2D eigenvalue weighted by Gasteiger charge is -2.41. The molecule has 4 rings (SSSR count). The van der Waals surface area contributed by atoms with Gasteiger partial charge < -0.3 is 9.47 Å². The minimum Gasteiger partial charge on any atom is -0.493 e. The first kappa shape index (κ1) is 18.3. The number of hydrogen-bond donors (Lipinski definition) is 0. The molecule has 3 heterocycles. The number of likely N-dealkylation sites (tertiary alicyclic amines) is 1. The number of fused-ring (bicyclic) bond motifs is 1. The fourth-order valence-corrected chi connectivity index (χ4v) is 4.50. The minimum absolute atomic E-state index is 0.622. The Morgan fingerprint density at radius 3 is 2.59 bits per heavy atom. The topological polar surface area (TPSA) is 42.8 Å². The lowest BCUT2D eigenvalue weighted by atomic mass is 9.95. The largest absolute Gasteiger partial charge is 0.493 e. The summed E-state index contributed by atoms with van der Waals surface area (Å²) in [6.07, 6.45) is 7.74. The summed E-state index contributed by atoms with van der Waals surface area (Å²) in [5.74, 6) is 1.67. The zero-order valence-electron chi connectivity index (χ0n) is 16.6. The van der Waals surface area contributed by atoms with Gasteiger partial charge in [0, 0.05) is 51.0 Å². The first-order valence-electron chi connectivity index (χ1n) is 9.84. The van der Waals surface area contributed by atoms with E-state index < -0.39 is 0 Å². The van der Waals surface area contributed by atoms with Gasteiger partial charge in [-0.25, -0.2) is 0 Å². The van der Waals surface area contributed by atoms with Crippen molar-refractivity contribution >= 4 is 0 Å². The Bertz CT molecular complexity index is 788. The van der Waals surface area contributed by atoms with Gasteiger partial charge in [0.15, 0.2) is 11.5 Å². The summed E-state index contributed by atoms with van der Waals surface area (Å²) in [5, 5.41) is 4.30. The van der Waals surface area contributed by atoms with Crippen LogP contribution in [0.15, 0.2) is 24.5 Å². The molecule has 2 aromatic rings. The Morgan fingerprint density at radius 2 is 1.89 bits per heavy atom. The number of piperidine rings is 1. The summed E-state index contributed by atoms with van der Waals surface area (Å²) >= 11 is 0. The normalized spacial score (nSPS) is 21.1.